The van der Waals surface area contributed by atoms with E-state index in [0.29, 0.717) is 37.5 Å². The van der Waals surface area contributed by atoms with E-state index >= 15 is 0 Å². The van der Waals surface area contributed by atoms with Crippen LogP contribution in [-0.2, 0) is 14.3 Å². The number of hydrogen-bond acceptors (Lipinski definition) is 4. The van der Waals surface area contributed by atoms with Crippen LogP contribution >= 0.6 is 0 Å². The molecule has 100 valence electrons. The lowest BCUT2D eigenvalue weighted by Gasteiger charge is -2.63. The maximum atomic E-state index is 12.2. The topological polar surface area (TPSA) is 63.6 Å². The SMILES string of the molecule is COC(=O)[C@]12C[C@H]3C[C@@H](C)C[C@@H](O)[C@@]31CCC2=O. The van der Waals surface area contributed by atoms with E-state index in [9.17, 15) is 14.7 Å². The molecule has 1 N–H and O–H groups in total. The van der Waals surface area contributed by atoms with Gasteiger partial charge in [-0.2, -0.15) is 0 Å². The van der Waals surface area contributed by atoms with E-state index in [4.69, 9.17) is 4.74 Å². The van der Waals surface area contributed by atoms with Crippen LogP contribution in [0.15, 0.2) is 0 Å². The molecule has 5 atom stereocenters. The number of aliphatic hydroxyl groups is 1. The third kappa shape index (κ3) is 1.06. The minimum Gasteiger partial charge on any atom is -0.468 e. The molecule has 0 unspecified atom stereocenters. The van der Waals surface area contributed by atoms with Crippen molar-refractivity contribution in [2.24, 2.45) is 22.7 Å². The number of carbonyl (C=O) groups excluding carboxylic acids is 2. The lowest BCUT2D eigenvalue weighted by Crippen LogP contribution is -2.69. The maximum Gasteiger partial charge on any atom is 0.320 e. The van der Waals surface area contributed by atoms with Crippen molar-refractivity contribution in [3.63, 3.8) is 0 Å². The van der Waals surface area contributed by atoms with E-state index in [1.807, 2.05) is 0 Å². The molecule has 0 radical (unpaired) electrons. The first-order chi connectivity index (χ1) is 8.49. The predicted molar refractivity (Wildman–Crippen MR) is 63.6 cm³/mol. The van der Waals surface area contributed by atoms with Crippen molar-refractivity contribution in [1.82, 2.24) is 0 Å². The van der Waals surface area contributed by atoms with Gasteiger partial charge in [-0.3, -0.25) is 9.59 Å². The molecule has 3 saturated carbocycles. The highest BCUT2D eigenvalue weighted by molar-refractivity contribution is 6.08. The Morgan fingerprint density at radius 3 is 2.78 bits per heavy atom. The third-order valence-electron chi connectivity index (χ3n) is 5.76. The van der Waals surface area contributed by atoms with Gasteiger partial charge < -0.3 is 9.84 Å². The van der Waals surface area contributed by atoms with Gasteiger partial charge in [0.25, 0.3) is 0 Å². The quantitative estimate of drug-likeness (QED) is 0.564. The number of ketones is 1. The van der Waals surface area contributed by atoms with Crippen molar-refractivity contribution in [2.45, 2.75) is 45.1 Å². The molecule has 0 amide bonds. The molecule has 3 rings (SSSR count). The molecular weight excluding hydrogens is 232 g/mol. The maximum absolute atomic E-state index is 12.2. The highest BCUT2D eigenvalue weighted by Gasteiger charge is 2.78. The number of rotatable bonds is 1. The van der Waals surface area contributed by atoms with Crippen molar-refractivity contribution in [3.8, 4) is 0 Å². The first-order valence-electron chi connectivity index (χ1n) is 6.79. The van der Waals surface area contributed by atoms with Crippen LogP contribution in [-0.4, -0.2) is 30.1 Å². The first kappa shape index (κ1) is 12.2. The standard InChI is InChI=1S/C14H20O4/c1-8-5-9-7-14(12(17)18-2)10(15)3-4-13(9,14)11(16)6-8/h8-9,11,16H,3-7H2,1-2H3/t8-,9-,11-,13-,14-/m1/s1. The van der Waals surface area contributed by atoms with Crippen LogP contribution in [0.25, 0.3) is 0 Å². The molecule has 0 bridgehead atoms. The monoisotopic (exact) mass is 252 g/mol. The Kier molecular flexibility index (Phi) is 2.40. The molecule has 0 aromatic heterocycles. The van der Waals surface area contributed by atoms with Gasteiger partial charge in [0.1, 0.15) is 5.41 Å². The molecule has 4 nitrogen and oxygen atoms in total. The van der Waals surface area contributed by atoms with Gasteiger partial charge in [-0.25, -0.2) is 0 Å². The molecular formula is C14H20O4. The van der Waals surface area contributed by atoms with Crippen LogP contribution in [0.5, 0.6) is 0 Å². The first-order valence-corrected chi connectivity index (χ1v) is 6.79. The van der Waals surface area contributed by atoms with Gasteiger partial charge in [0.05, 0.1) is 13.2 Å². The number of aliphatic hydroxyl groups excluding tert-OH is 1. The normalized spacial score (nSPS) is 50.2. The second kappa shape index (κ2) is 3.56. The van der Waals surface area contributed by atoms with Crippen LogP contribution in [0.3, 0.4) is 0 Å². The highest BCUT2D eigenvalue weighted by Crippen LogP contribution is 2.73. The van der Waals surface area contributed by atoms with Gasteiger partial charge in [-0.15, -0.1) is 0 Å². The second-order valence-corrected chi connectivity index (χ2v) is 6.35. The van der Waals surface area contributed by atoms with Gasteiger partial charge in [-0.05, 0) is 37.5 Å². The zero-order valence-corrected chi connectivity index (χ0v) is 10.9. The molecule has 1 spiro atoms. The fraction of sp³-hybridized carbons (Fsp3) is 0.857. The van der Waals surface area contributed by atoms with Gasteiger partial charge in [0.15, 0.2) is 5.78 Å². The minimum absolute atomic E-state index is 0.0146. The van der Waals surface area contributed by atoms with E-state index < -0.39 is 22.9 Å². The molecule has 3 fully saturated rings. The fourth-order valence-corrected chi connectivity index (χ4v) is 5.04. The second-order valence-electron chi connectivity index (χ2n) is 6.35. The summed E-state index contributed by atoms with van der Waals surface area (Å²) < 4.78 is 4.88. The van der Waals surface area contributed by atoms with E-state index in [-0.39, 0.29) is 5.78 Å². The third-order valence-corrected chi connectivity index (χ3v) is 5.76. The van der Waals surface area contributed by atoms with E-state index in [2.05, 4.69) is 6.92 Å². The Balaban J connectivity index is 2.04. The smallest absolute Gasteiger partial charge is 0.320 e. The van der Waals surface area contributed by atoms with Gasteiger partial charge >= 0.3 is 5.97 Å². The molecule has 18 heavy (non-hydrogen) atoms. The van der Waals surface area contributed by atoms with E-state index in [1.54, 1.807) is 0 Å². The Bertz CT molecular complexity index is 408. The molecule has 4 heteroatoms. The van der Waals surface area contributed by atoms with Crippen LogP contribution < -0.4 is 0 Å². The molecule has 3 aliphatic carbocycles. The summed E-state index contributed by atoms with van der Waals surface area (Å²) in [5.41, 5.74) is -1.53. The van der Waals surface area contributed by atoms with Crippen molar-refractivity contribution in [3.05, 3.63) is 0 Å². The fourth-order valence-electron chi connectivity index (χ4n) is 5.04. The van der Waals surface area contributed by atoms with Gasteiger partial charge in [0, 0.05) is 11.8 Å². The number of ether oxygens (including phenoxy) is 1. The van der Waals surface area contributed by atoms with Crippen LogP contribution in [0.4, 0.5) is 0 Å². The van der Waals surface area contributed by atoms with Crippen molar-refractivity contribution in [2.75, 3.05) is 7.11 Å². The van der Waals surface area contributed by atoms with Crippen molar-refractivity contribution in [1.29, 1.82) is 0 Å². The number of hydrogen-bond donors (Lipinski definition) is 1. The molecule has 0 saturated heterocycles. The lowest BCUT2D eigenvalue weighted by atomic mass is 9.39. The van der Waals surface area contributed by atoms with E-state index in [0.717, 1.165) is 6.42 Å². The highest BCUT2D eigenvalue weighted by atomic mass is 16.5. The summed E-state index contributed by atoms with van der Waals surface area (Å²) in [6.07, 6.45) is 2.83. The summed E-state index contributed by atoms with van der Waals surface area (Å²) in [6, 6.07) is 0. The zero-order valence-electron chi connectivity index (χ0n) is 10.9. The van der Waals surface area contributed by atoms with Crippen LogP contribution in [0.2, 0.25) is 0 Å². The van der Waals surface area contributed by atoms with E-state index in [1.165, 1.54) is 7.11 Å². The number of esters is 1. The Labute approximate surface area is 107 Å². The average Bonchev–Trinajstić information content (AvgIpc) is 2.52. The van der Waals surface area contributed by atoms with Gasteiger partial charge in [0.2, 0.25) is 0 Å². The molecule has 0 heterocycles. The van der Waals surface area contributed by atoms with Gasteiger partial charge in [-0.1, -0.05) is 6.92 Å². The van der Waals surface area contributed by atoms with Crippen LogP contribution in [0.1, 0.15) is 39.0 Å². The predicted octanol–water partition coefficient (Wildman–Crippen LogP) is 1.31. The molecule has 3 aliphatic rings. The summed E-state index contributed by atoms with van der Waals surface area (Å²) in [5.74, 6) is 0.345. The summed E-state index contributed by atoms with van der Waals surface area (Å²) in [4.78, 5) is 24.4. The summed E-state index contributed by atoms with van der Waals surface area (Å²) >= 11 is 0. The zero-order chi connectivity index (χ0) is 13.1. The summed E-state index contributed by atoms with van der Waals surface area (Å²) in [6.45, 7) is 2.13. The molecule has 0 aromatic carbocycles. The Hall–Kier alpha value is -0.900. The number of methoxy groups -OCH3 is 1. The Morgan fingerprint density at radius 1 is 1.44 bits per heavy atom. The lowest BCUT2D eigenvalue weighted by molar-refractivity contribution is -0.227. The van der Waals surface area contributed by atoms with Crippen molar-refractivity contribution >= 4 is 11.8 Å². The average molecular weight is 252 g/mol. The largest absolute Gasteiger partial charge is 0.468 e. The molecule has 0 aromatic rings. The number of carbonyl (C=O) groups is 2. The Morgan fingerprint density at radius 2 is 2.17 bits per heavy atom. The van der Waals surface area contributed by atoms with Crippen molar-refractivity contribution < 1.29 is 19.4 Å². The molecule has 0 aliphatic heterocycles. The number of Topliss-reactive ketones (excluding diaryl/α,β-unsaturated/α-hetero) is 1. The summed E-state index contributed by atoms with van der Waals surface area (Å²) in [5, 5.41) is 10.5. The summed E-state index contributed by atoms with van der Waals surface area (Å²) in [7, 11) is 1.33. The van der Waals surface area contributed by atoms with Crippen LogP contribution in [0, 0.1) is 22.7 Å². The minimum atomic E-state index is -1.02.